The zero-order valence-electron chi connectivity index (χ0n) is 15.9. The highest BCUT2D eigenvalue weighted by molar-refractivity contribution is 7.10. The van der Waals surface area contributed by atoms with Gasteiger partial charge in [0.25, 0.3) is 5.91 Å². The van der Waals surface area contributed by atoms with Gasteiger partial charge in [-0.3, -0.25) is 4.79 Å². The van der Waals surface area contributed by atoms with Gasteiger partial charge in [-0.15, -0.1) is 11.3 Å². The van der Waals surface area contributed by atoms with E-state index in [1.165, 1.54) is 17.4 Å². The first-order valence-corrected chi connectivity index (χ1v) is 10.0. The van der Waals surface area contributed by atoms with E-state index in [2.05, 4.69) is 5.32 Å². The summed E-state index contributed by atoms with van der Waals surface area (Å²) in [5, 5.41) is 4.72. The third-order valence-corrected chi connectivity index (χ3v) is 4.78. The molecule has 0 saturated carbocycles. The molecule has 5 nitrogen and oxygen atoms in total. The molecule has 1 N–H and O–H groups in total. The quantitative estimate of drug-likeness (QED) is 0.418. The molecule has 1 amide bonds. The fourth-order valence-electron chi connectivity index (χ4n) is 2.64. The molecule has 148 valence electrons. The van der Waals surface area contributed by atoms with Crippen molar-refractivity contribution >= 4 is 35.0 Å². The Balaban J connectivity index is 1.78. The summed E-state index contributed by atoms with van der Waals surface area (Å²) in [5.74, 6) is -0.499. The summed E-state index contributed by atoms with van der Waals surface area (Å²) in [6, 6.07) is 19.8. The Morgan fingerprint density at radius 3 is 2.52 bits per heavy atom. The van der Waals surface area contributed by atoms with Crippen LogP contribution in [0.3, 0.4) is 0 Å². The number of anilines is 1. The van der Waals surface area contributed by atoms with Crippen molar-refractivity contribution in [2.24, 2.45) is 0 Å². The largest absolute Gasteiger partial charge is 0.492 e. The fourth-order valence-corrected chi connectivity index (χ4v) is 3.26. The predicted octanol–water partition coefficient (Wildman–Crippen LogP) is 5.08. The minimum absolute atomic E-state index is 0.457. The van der Waals surface area contributed by atoms with Crippen molar-refractivity contribution < 1.29 is 19.1 Å². The smallest absolute Gasteiger partial charge is 0.331 e. The summed E-state index contributed by atoms with van der Waals surface area (Å²) >= 11 is 1.51. The topological polar surface area (TPSA) is 64.6 Å². The van der Waals surface area contributed by atoms with E-state index >= 15 is 0 Å². The number of hydrogen-bond donors (Lipinski definition) is 1. The van der Waals surface area contributed by atoms with Crippen molar-refractivity contribution in [3.8, 4) is 5.75 Å². The van der Waals surface area contributed by atoms with E-state index in [9.17, 15) is 9.59 Å². The molecule has 0 saturated heterocycles. The summed E-state index contributed by atoms with van der Waals surface area (Å²) in [6.45, 7) is 2.34. The Labute approximate surface area is 173 Å². The summed E-state index contributed by atoms with van der Waals surface area (Å²) in [7, 11) is 0. The van der Waals surface area contributed by atoms with Gasteiger partial charge in [0.05, 0.1) is 12.3 Å². The second-order valence-electron chi connectivity index (χ2n) is 5.99. The maximum Gasteiger partial charge on any atom is 0.331 e. The van der Waals surface area contributed by atoms with Crippen molar-refractivity contribution in [2.75, 3.05) is 11.9 Å². The van der Waals surface area contributed by atoms with Gasteiger partial charge in [0.1, 0.15) is 5.75 Å². The average molecular weight is 407 g/mol. The molecular formula is C23H21NO4S. The number of carbonyl (C=O) groups excluding carboxylic acids is 2. The average Bonchev–Trinajstić information content (AvgIpc) is 3.26. The van der Waals surface area contributed by atoms with Crippen molar-refractivity contribution in [1.82, 2.24) is 0 Å². The third-order valence-electron chi connectivity index (χ3n) is 3.95. The van der Waals surface area contributed by atoms with Crippen LogP contribution in [0.5, 0.6) is 5.75 Å². The van der Waals surface area contributed by atoms with E-state index < -0.39 is 18.0 Å². The molecule has 1 atom stereocenters. The van der Waals surface area contributed by atoms with E-state index in [1.807, 2.05) is 36.6 Å². The van der Waals surface area contributed by atoms with Gasteiger partial charge in [0.15, 0.2) is 0 Å². The fraction of sp³-hybridized carbons (Fsp3) is 0.130. The van der Waals surface area contributed by atoms with E-state index in [0.29, 0.717) is 23.6 Å². The Hall–Kier alpha value is -3.38. The molecule has 0 aliphatic carbocycles. The van der Waals surface area contributed by atoms with Crippen LogP contribution >= 0.6 is 11.3 Å². The van der Waals surface area contributed by atoms with E-state index in [0.717, 1.165) is 4.88 Å². The Kier molecular flexibility index (Phi) is 7.19. The van der Waals surface area contributed by atoms with Gasteiger partial charge in [-0.05, 0) is 36.6 Å². The van der Waals surface area contributed by atoms with Crippen molar-refractivity contribution in [3.63, 3.8) is 0 Å². The van der Waals surface area contributed by atoms with Crippen LogP contribution in [0.4, 0.5) is 5.69 Å². The number of rotatable bonds is 8. The Morgan fingerprint density at radius 1 is 1.03 bits per heavy atom. The first-order valence-electron chi connectivity index (χ1n) is 9.17. The molecule has 3 aromatic rings. The number of amides is 1. The predicted molar refractivity (Wildman–Crippen MR) is 115 cm³/mol. The van der Waals surface area contributed by atoms with Crippen molar-refractivity contribution in [1.29, 1.82) is 0 Å². The lowest BCUT2D eigenvalue weighted by molar-refractivity contribution is -0.149. The van der Waals surface area contributed by atoms with Crippen LogP contribution in [0.2, 0.25) is 0 Å². The summed E-state index contributed by atoms with van der Waals surface area (Å²) in [6.07, 6.45) is 1.90. The molecule has 0 spiro atoms. The molecule has 0 bridgehead atoms. The molecule has 6 heteroatoms. The molecule has 0 fully saturated rings. The SMILES string of the molecule is CCOc1ccccc1NC(=O)[C@H](OC(=O)/C=C/c1cccs1)c1ccccc1. The number of ether oxygens (including phenoxy) is 2. The lowest BCUT2D eigenvalue weighted by Gasteiger charge is -2.18. The van der Waals surface area contributed by atoms with Gasteiger partial charge in [0.2, 0.25) is 6.10 Å². The highest BCUT2D eigenvalue weighted by atomic mass is 32.1. The highest BCUT2D eigenvalue weighted by Crippen LogP contribution is 2.27. The van der Waals surface area contributed by atoms with Crippen LogP contribution in [-0.4, -0.2) is 18.5 Å². The number of benzene rings is 2. The zero-order chi connectivity index (χ0) is 20.5. The minimum Gasteiger partial charge on any atom is -0.492 e. The third kappa shape index (κ3) is 5.80. The van der Waals surface area contributed by atoms with Gasteiger partial charge in [-0.2, -0.15) is 0 Å². The molecule has 2 aromatic carbocycles. The Bertz CT molecular complexity index is 968. The number of thiophene rings is 1. The molecule has 0 aliphatic rings. The molecule has 0 unspecified atom stereocenters. The summed E-state index contributed by atoms with van der Waals surface area (Å²) < 4.78 is 11.0. The van der Waals surface area contributed by atoms with Gasteiger partial charge in [-0.25, -0.2) is 4.79 Å². The van der Waals surface area contributed by atoms with Crippen LogP contribution in [0.25, 0.3) is 6.08 Å². The lowest BCUT2D eigenvalue weighted by atomic mass is 10.1. The molecule has 3 rings (SSSR count). The first kappa shape index (κ1) is 20.4. The normalized spacial score (nSPS) is 11.8. The van der Waals surface area contributed by atoms with Crippen LogP contribution in [0, 0.1) is 0 Å². The Morgan fingerprint density at radius 2 is 1.79 bits per heavy atom. The second-order valence-corrected chi connectivity index (χ2v) is 6.97. The maximum absolute atomic E-state index is 13.0. The van der Waals surface area contributed by atoms with Gasteiger partial charge in [0, 0.05) is 16.5 Å². The van der Waals surface area contributed by atoms with E-state index in [1.54, 1.807) is 48.5 Å². The monoisotopic (exact) mass is 407 g/mol. The first-order chi connectivity index (χ1) is 14.2. The minimum atomic E-state index is -1.09. The van der Waals surface area contributed by atoms with Gasteiger partial charge in [-0.1, -0.05) is 48.5 Å². The lowest BCUT2D eigenvalue weighted by Crippen LogP contribution is -2.25. The number of carbonyl (C=O) groups is 2. The van der Waals surface area contributed by atoms with Crippen LogP contribution in [0.15, 0.2) is 78.2 Å². The number of nitrogens with one attached hydrogen (secondary N) is 1. The molecule has 1 aromatic heterocycles. The van der Waals surface area contributed by atoms with E-state index in [-0.39, 0.29) is 0 Å². The standard InChI is InChI=1S/C23H21NO4S/c1-2-27-20-13-7-6-12-19(20)24-23(26)22(17-9-4-3-5-10-17)28-21(25)15-14-18-11-8-16-29-18/h3-16,22H,2H2,1H3,(H,24,26)/b15-14+/t22-/m1/s1. The van der Waals surface area contributed by atoms with Gasteiger partial charge >= 0.3 is 5.97 Å². The molecule has 0 radical (unpaired) electrons. The van der Waals surface area contributed by atoms with Gasteiger partial charge < -0.3 is 14.8 Å². The molecular weight excluding hydrogens is 386 g/mol. The molecule has 1 heterocycles. The van der Waals surface area contributed by atoms with Crippen molar-refractivity contribution in [3.05, 3.63) is 88.6 Å². The molecule has 29 heavy (non-hydrogen) atoms. The highest BCUT2D eigenvalue weighted by Gasteiger charge is 2.25. The number of esters is 1. The number of para-hydroxylation sites is 2. The summed E-state index contributed by atoms with van der Waals surface area (Å²) in [5.41, 5.74) is 1.10. The molecule has 0 aliphatic heterocycles. The second kappa shape index (κ2) is 10.2. The van der Waals surface area contributed by atoms with Crippen LogP contribution < -0.4 is 10.1 Å². The van der Waals surface area contributed by atoms with Crippen LogP contribution in [-0.2, 0) is 14.3 Å². The zero-order valence-corrected chi connectivity index (χ0v) is 16.7. The number of hydrogen-bond acceptors (Lipinski definition) is 5. The summed E-state index contributed by atoms with van der Waals surface area (Å²) in [4.78, 5) is 26.2. The maximum atomic E-state index is 13.0. The van der Waals surface area contributed by atoms with E-state index in [4.69, 9.17) is 9.47 Å². The van der Waals surface area contributed by atoms with Crippen molar-refractivity contribution in [2.45, 2.75) is 13.0 Å². The van der Waals surface area contributed by atoms with Crippen LogP contribution in [0.1, 0.15) is 23.5 Å².